The average Bonchev–Trinajstić information content (AvgIpc) is 2.80. The minimum Gasteiger partial charge on any atom is -0.497 e. The smallest absolute Gasteiger partial charge is 0.226 e. The van der Waals surface area contributed by atoms with E-state index in [1.165, 1.54) is 0 Å². The van der Waals surface area contributed by atoms with Crippen LogP contribution in [0.3, 0.4) is 0 Å². The number of piperidine rings is 1. The molecule has 1 N–H and O–H groups in total. The van der Waals surface area contributed by atoms with Gasteiger partial charge in [-0.15, -0.1) is 0 Å². The highest BCUT2D eigenvalue weighted by molar-refractivity contribution is 5.91. The number of amides is 2. The van der Waals surface area contributed by atoms with Crippen LogP contribution in [0.5, 0.6) is 11.5 Å². The Balaban J connectivity index is 1.39. The maximum atomic E-state index is 12.6. The minimum atomic E-state index is 0.00739. The number of rotatable bonds is 9. The van der Waals surface area contributed by atoms with Crippen LogP contribution in [0.4, 0.5) is 5.69 Å². The van der Waals surface area contributed by atoms with E-state index in [-0.39, 0.29) is 11.8 Å². The maximum absolute atomic E-state index is 12.6. The number of ether oxygens (including phenoxy) is 2. The zero-order valence-corrected chi connectivity index (χ0v) is 18.4. The summed E-state index contributed by atoms with van der Waals surface area (Å²) < 4.78 is 10.9. The lowest BCUT2D eigenvalue weighted by molar-refractivity contribution is -0.133. The molecule has 2 aromatic rings. The first kappa shape index (κ1) is 22.7. The van der Waals surface area contributed by atoms with Crippen molar-refractivity contribution < 1.29 is 19.1 Å². The number of carbonyl (C=O) groups excluding carboxylic acids is 2. The van der Waals surface area contributed by atoms with Gasteiger partial charge in [-0.3, -0.25) is 9.59 Å². The Morgan fingerprint density at radius 3 is 2.65 bits per heavy atom. The Labute approximate surface area is 184 Å². The number of hydrogen-bond donors (Lipinski definition) is 1. The van der Waals surface area contributed by atoms with Crippen LogP contribution in [0.15, 0.2) is 48.5 Å². The number of para-hydroxylation sites is 1. The Kier molecular flexibility index (Phi) is 8.33. The van der Waals surface area contributed by atoms with Crippen LogP contribution in [0.25, 0.3) is 0 Å². The van der Waals surface area contributed by atoms with Gasteiger partial charge in [-0.25, -0.2) is 0 Å². The summed E-state index contributed by atoms with van der Waals surface area (Å²) in [5, 5.41) is 2.99. The largest absolute Gasteiger partial charge is 0.497 e. The number of hydrogen-bond acceptors (Lipinski definition) is 4. The molecule has 1 saturated heterocycles. The molecule has 0 aromatic heterocycles. The molecular weight excluding hydrogens is 392 g/mol. The Morgan fingerprint density at radius 2 is 1.90 bits per heavy atom. The zero-order valence-electron chi connectivity index (χ0n) is 18.4. The van der Waals surface area contributed by atoms with Gasteiger partial charge in [0.1, 0.15) is 11.5 Å². The summed E-state index contributed by atoms with van der Waals surface area (Å²) in [5.74, 6) is 2.05. The molecule has 0 aliphatic carbocycles. The Bertz CT molecular complexity index is 869. The van der Waals surface area contributed by atoms with E-state index in [2.05, 4.69) is 5.32 Å². The summed E-state index contributed by atoms with van der Waals surface area (Å²) in [4.78, 5) is 26.9. The number of aryl methyl sites for hydroxylation is 1. The molecule has 1 fully saturated rings. The van der Waals surface area contributed by atoms with E-state index in [1.807, 2.05) is 60.4 Å². The molecule has 3 rings (SSSR count). The first-order chi connectivity index (χ1) is 15.0. The van der Waals surface area contributed by atoms with Gasteiger partial charge in [-0.1, -0.05) is 18.2 Å². The van der Waals surface area contributed by atoms with Crippen LogP contribution in [-0.4, -0.2) is 43.5 Å². The highest BCUT2D eigenvalue weighted by Gasteiger charge is 2.24. The SMILES string of the molecule is COc1ccc(NC(=O)CC[C@H]2CCCN(C(=O)CCOc3ccccc3)C2)c(C)c1. The minimum absolute atomic E-state index is 0.00739. The van der Waals surface area contributed by atoms with E-state index in [0.29, 0.717) is 25.4 Å². The molecule has 1 aliphatic heterocycles. The summed E-state index contributed by atoms with van der Waals surface area (Å²) >= 11 is 0. The summed E-state index contributed by atoms with van der Waals surface area (Å²) in [7, 11) is 1.63. The molecule has 31 heavy (non-hydrogen) atoms. The second-order valence-corrected chi connectivity index (χ2v) is 8.03. The van der Waals surface area contributed by atoms with E-state index >= 15 is 0 Å². The van der Waals surface area contributed by atoms with Gasteiger partial charge in [-0.2, -0.15) is 0 Å². The third kappa shape index (κ3) is 7.02. The summed E-state index contributed by atoms with van der Waals surface area (Å²) in [6.45, 7) is 3.84. The number of benzene rings is 2. The van der Waals surface area contributed by atoms with Gasteiger partial charge >= 0.3 is 0 Å². The van der Waals surface area contributed by atoms with Crippen molar-refractivity contribution in [2.45, 2.75) is 39.0 Å². The highest BCUT2D eigenvalue weighted by atomic mass is 16.5. The molecule has 1 heterocycles. The van der Waals surface area contributed by atoms with E-state index in [1.54, 1.807) is 7.11 Å². The molecule has 0 bridgehead atoms. The molecular formula is C25H32N2O4. The highest BCUT2D eigenvalue weighted by Crippen LogP contribution is 2.24. The van der Waals surface area contributed by atoms with Crippen molar-refractivity contribution in [1.82, 2.24) is 4.90 Å². The van der Waals surface area contributed by atoms with Gasteiger partial charge in [0.2, 0.25) is 11.8 Å². The van der Waals surface area contributed by atoms with E-state index in [0.717, 1.165) is 55.1 Å². The van der Waals surface area contributed by atoms with Crippen LogP contribution in [0.1, 0.15) is 37.7 Å². The summed E-state index contributed by atoms with van der Waals surface area (Å²) in [5.41, 5.74) is 1.78. The van der Waals surface area contributed by atoms with Crippen LogP contribution in [-0.2, 0) is 9.59 Å². The molecule has 0 unspecified atom stereocenters. The standard InChI is InChI=1S/C25H32N2O4/c1-19-17-22(30-2)11-12-23(19)26-24(28)13-10-20-7-6-15-27(18-20)25(29)14-16-31-21-8-4-3-5-9-21/h3-5,8-9,11-12,17,20H,6-7,10,13-16,18H2,1-2H3,(H,26,28)/t20-/m1/s1. The number of likely N-dealkylation sites (tertiary alicyclic amines) is 1. The average molecular weight is 425 g/mol. The van der Waals surface area contributed by atoms with Crippen LogP contribution < -0.4 is 14.8 Å². The van der Waals surface area contributed by atoms with Gasteiger partial charge in [0, 0.05) is 25.2 Å². The number of nitrogens with one attached hydrogen (secondary N) is 1. The molecule has 2 aromatic carbocycles. The number of anilines is 1. The van der Waals surface area contributed by atoms with Crippen molar-refractivity contribution in [3.63, 3.8) is 0 Å². The fourth-order valence-corrected chi connectivity index (χ4v) is 3.91. The van der Waals surface area contributed by atoms with Gasteiger partial charge in [0.15, 0.2) is 0 Å². The van der Waals surface area contributed by atoms with Gasteiger partial charge < -0.3 is 19.7 Å². The normalized spacial score (nSPS) is 15.9. The fraction of sp³-hybridized carbons (Fsp3) is 0.440. The number of nitrogens with zero attached hydrogens (tertiary/aromatic N) is 1. The molecule has 0 radical (unpaired) electrons. The predicted octanol–water partition coefficient (Wildman–Crippen LogP) is 4.43. The fourth-order valence-electron chi connectivity index (χ4n) is 3.91. The topological polar surface area (TPSA) is 67.9 Å². The van der Waals surface area contributed by atoms with Crippen LogP contribution >= 0.6 is 0 Å². The second kappa shape index (κ2) is 11.4. The van der Waals surface area contributed by atoms with Crippen LogP contribution in [0.2, 0.25) is 0 Å². The van der Waals surface area contributed by atoms with Crippen molar-refractivity contribution >= 4 is 17.5 Å². The molecule has 2 amide bonds. The second-order valence-electron chi connectivity index (χ2n) is 8.03. The molecule has 6 nitrogen and oxygen atoms in total. The first-order valence-electron chi connectivity index (χ1n) is 11.0. The first-order valence-corrected chi connectivity index (χ1v) is 11.0. The van der Waals surface area contributed by atoms with Gasteiger partial charge in [0.05, 0.1) is 20.1 Å². The Morgan fingerprint density at radius 1 is 1.10 bits per heavy atom. The van der Waals surface area contributed by atoms with Crippen LogP contribution in [0, 0.1) is 12.8 Å². The Hall–Kier alpha value is -3.02. The molecule has 0 saturated carbocycles. The zero-order chi connectivity index (χ0) is 22.1. The molecule has 6 heteroatoms. The van der Waals surface area contributed by atoms with Crippen molar-refractivity contribution in [2.75, 3.05) is 32.1 Å². The van der Waals surface area contributed by atoms with E-state index < -0.39 is 0 Å². The number of carbonyl (C=O) groups is 2. The van der Waals surface area contributed by atoms with Crippen molar-refractivity contribution in [3.05, 3.63) is 54.1 Å². The molecule has 1 atom stereocenters. The monoisotopic (exact) mass is 424 g/mol. The van der Waals surface area contributed by atoms with E-state index in [4.69, 9.17) is 9.47 Å². The van der Waals surface area contributed by atoms with Gasteiger partial charge in [0.25, 0.3) is 0 Å². The molecule has 166 valence electrons. The number of methoxy groups -OCH3 is 1. The lowest BCUT2D eigenvalue weighted by atomic mass is 9.93. The van der Waals surface area contributed by atoms with Gasteiger partial charge in [-0.05, 0) is 68.0 Å². The van der Waals surface area contributed by atoms with E-state index in [9.17, 15) is 9.59 Å². The predicted molar refractivity (Wildman–Crippen MR) is 121 cm³/mol. The lowest BCUT2D eigenvalue weighted by Gasteiger charge is -2.33. The summed E-state index contributed by atoms with van der Waals surface area (Å²) in [6.07, 6.45) is 3.65. The van der Waals surface area contributed by atoms with Crippen molar-refractivity contribution in [2.24, 2.45) is 5.92 Å². The third-order valence-electron chi connectivity index (χ3n) is 5.69. The molecule has 1 aliphatic rings. The van der Waals surface area contributed by atoms with Crippen molar-refractivity contribution in [3.8, 4) is 11.5 Å². The summed E-state index contributed by atoms with van der Waals surface area (Å²) in [6, 6.07) is 15.2. The third-order valence-corrected chi connectivity index (χ3v) is 5.69. The van der Waals surface area contributed by atoms with Crippen molar-refractivity contribution in [1.29, 1.82) is 0 Å². The molecule has 0 spiro atoms. The quantitative estimate of drug-likeness (QED) is 0.647. The maximum Gasteiger partial charge on any atom is 0.226 e. The lowest BCUT2D eigenvalue weighted by Crippen LogP contribution is -2.40.